The molecule has 0 aromatic heterocycles. The molecule has 0 bridgehead atoms. The average Bonchev–Trinajstić information content (AvgIpc) is 2.33. The van der Waals surface area contributed by atoms with Crippen molar-refractivity contribution >= 4 is 5.57 Å². The molecule has 1 aliphatic rings. The number of benzene rings is 1. The van der Waals surface area contributed by atoms with Crippen LogP contribution in [0.1, 0.15) is 12.0 Å². The quantitative estimate of drug-likeness (QED) is 0.663. The predicted molar refractivity (Wildman–Crippen MR) is 66.5 cm³/mol. The first kappa shape index (κ1) is 9.72. The lowest BCUT2D eigenvalue weighted by atomic mass is 9.95. The lowest BCUT2D eigenvalue weighted by Crippen LogP contribution is -1.88. The third-order valence-corrected chi connectivity index (χ3v) is 2.52. The van der Waals surface area contributed by atoms with Crippen molar-refractivity contribution in [1.29, 1.82) is 0 Å². The largest absolute Gasteiger partial charge is 0.0984 e. The second-order valence-corrected chi connectivity index (χ2v) is 3.50. The van der Waals surface area contributed by atoms with Crippen molar-refractivity contribution in [2.45, 2.75) is 6.42 Å². The molecule has 1 aromatic carbocycles. The van der Waals surface area contributed by atoms with Gasteiger partial charge in [0.15, 0.2) is 0 Å². The molecule has 0 heterocycles. The van der Waals surface area contributed by atoms with Crippen LogP contribution in [0.15, 0.2) is 72.9 Å². The first-order chi connectivity index (χ1) is 7.42. The SMILES string of the molecule is C=C/C(=C1\C=CC=CC1)c1ccccc1. The van der Waals surface area contributed by atoms with E-state index < -0.39 is 0 Å². The van der Waals surface area contributed by atoms with E-state index in [1.165, 1.54) is 16.7 Å². The van der Waals surface area contributed by atoms with E-state index in [4.69, 9.17) is 0 Å². The van der Waals surface area contributed by atoms with E-state index in [1.807, 2.05) is 12.1 Å². The molecule has 1 aliphatic carbocycles. The summed E-state index contributed by atoms with van der Waals surface area (Å²) in [6.07, 6.45) is 11.4. The highest BCUT2D eigenvalue weighted by atomic mass is 14.1. The second kappa shape index (κ2) is 4.61. The summed E-state index contributed by atoms with van der Waals surface area (Å²) in [4.78, 5) is 0. The zero-order valence-corrected chi connectivity index (χ0v) is 8.69. The van der Waals surface area contributed by atoms with Gasteiger partial charge in [0.05, 0.1) is 0 Å². The molecule has 0 heteroatoms. The molecule has 74 valence electrons. The Hall–Kier alpha value is -1.82. The van der Waals surface area contributed by atoms with Crippen molar-refractivity contribution in [3.63, 3.8) is 0 Å². The first-order valence-electron chi connectivity index (χ1n) is 5.16. The molecule has 0 nitrogen and oxygen atoms in total. The Kier molecular flexibility index (Phi) is 2.99. The standard InChI is InChI=1S/C15H14/c1-2-15(13-9-5-3-6-10-13)14-11-7-4-8-12-14/h2-11H,1,12H2/b15-14-. The maximum absolute atomic E-state index is 3.90. The molecule has 15 heavy (non-hydrogen) atoms. The van der Waals surface area contributed by atoms with Crippen LogP contribution >= 0.6 is 0 Å². The van der Waals surface area contributed by atoms with Crippen LogP contribution in [0, 0.1) is 0 Å². The second-order valence-electron chi connectivity index (χ2n) is 3.50. The topological polar surface area (TPSA) is 0 Å². The molecule has 0 spiro atoms. The molecule has 0 aliphatic heterocycles. The fraction of sp³-hybridized carbons (Fsp3) is 0.0667. The zero-order valence-electron chi connectivity index (χ0n) is 8.69. The predicted octanol–water partition coefficient (Wildman–Crippen LogP) is 4.14. The molecular formula is C15H14. The molecule has 2 rings (SSSR count). The third-order valence-electron chi connectivity index (χ3n) is 2.52. The summed E-state index contributed by atoms with van der Waals surface area (Å²) in [5, 5.41) is 0. The summed E-state index contributed by atoms with van der Waals surface area (Å²) in [6.45, 7) is 3.90. The number of hydrogen-bond acceptors (Lipinski definition) is 0. The van der Waals surface area contributed by atoms with Gasteiger partial charge in [-0.05, 0) is 23.1 Å². The van der Waals surface area contributed by atoms with E-state index in [-0.39, 0.29) is 0 Å². The van der Waals surface area contributed by atoms with Crippen molar-refractivity contribution in [3.8, 4) is 0 Å². The third kappa shape index (κ3) is 2.16. The molecule has 0 saturated carbocycles. The zero-order chi connectivity index (χ0) is 10.5. The van der Waals surface area contributed by atoms with E-state index in [1.54, 1.807) is 0 Å². The number of rotatable bonds is 2. The van der Waals surface area contributed by atoms with Crippen LogP contribution in [-0.4, -0.2) is 0 Å². The Labute approximate surface area is 91.0 Å². The molecular weight excluding hydrogens is 180 g/mol. The van der Waals surface area contributed by atoms with Gasteiger partial charge in [-0.15, -0.1) is 0 Å². The van der Waals surface area contributed by atoms with Gasteiger partial charge in [0.25, 0.3) is 0 Å². The monoisotopic (exact) mass is 194 g/mol. The summed E-state index contributed by atoms with van der Waals surface area (Å²) in [5.41, 5.74) is 3.80. The number of allylic oxidation sites excluding steroid dienone is 7. The maximum Gasteiger partial charge on any atom is -0.00882 e. The van der Waals surface area contributed by atoms with Crippen LogP contribution < -0.4 is 0 Å². The van der Waals surface area contributed by atoms with Crippen LogP contribution in [-0.2, 0) is 0 Å². The molecule has 0 radical (unpaired) electrons. The Balaban J connectivity index is 2.44. The van der Waals surface area contributed by atoms with Gasteiger partial charge in [-0.3, -0.25) is 0 Å². The molecule has 0 atom stereocenters. The van der Waals surface area contributed by atoms with Crippen molar-refractivity contribution in [2.75, 3.05) is 0 Å². The van der Waals surface area contributed by atoms with E-state index in [0.717, 1.165) is 6.42 Å². The van der Waals surface area contributed by atoms with Crippen molar-refractivity contribution in [2.24, 2.45) is 0 Å². The van der Waals surface area contributed by atoms with E-state index in [2.05, 4.69) is 55.1 Å². The highest BCUT2D eigenvalue weighted by molar-refractivity contribution is 5.78. The molecule has 0 saturated heterocycles. The van der Waals surface area contributed by atoms with Gasteiger partial charge in [0.1, 0.15) is 0 Å². The van der Waals surface area contributed by atoms with Gasteiger partial charge in [0.2, 0.25) is 0 Å². The number of hydrogen-bond donors (Lipinski definition) is 0. The van der Waals surface area contributed by atoms with E-state index in [9.17, 15) is 0 Å². The highest BCUT2D eigenvalue weighted by Crippen LogP contribution is 2.24. The molecule has 0 unspecified atom stereocenters. The minimum Gasteiger partial charge on any atom is -0.0984 e. The van der Waals surface area contributed by atoms with Gasteiger partial charge in [-0.2, -0.15) is 0 Å². The van der Waals surface area contributed by atoms with Crippen molar-refractivity contribution < 1.29 is 0 Å². The van der Waals surface area contributed by atoms with Crippen LogP contribution in [0.5, 0.6) is 0 Å². The van der Waals surface area contributed by atoms with Gasteiger partial charge in [-0.1, -0.05) is 67.3 Å². The van der Waals surface area contributed by atoms with Crippen LogP contribution in [0.4, 0.5) is 0 Å². The van der Waals surface area contributed by atoms with Crippen LogP contribution in [0.3, 0.4) is 0 Å². The summed E-state index contributed by atoms with van der Waals surface area (Å²) in [7, 11) is 0. The summed E-state index contributed by atoms with van der Waals surface area (Å²) >= 11 is 0. The molecule has 0 amide bonds. The fourth-order valence-electron chi connectivity index (χ4n) is 1.77. The Bertz CT molecular complexity index is 430. The van der Waals surface area contributed by atoms with Gasteiger partial charge in [-0.25, -0.2) is 0 Å². The molecule has 0 N–H and O–H groups in total. The minimum absolute atomic E-state index is 0.993. The van der Waals surface area contributed by atoms with Crippen molar-refractivity contribution in [3.05, 3.63) is 78.4 Å². The smallest absolute Gasteiger partial charge is 0.00882 e. The normalized spacial score (nSPS) is 17.6. The first-order valence-corrected chi connectivity index (χ1v) is 5.16. The summed E-state index contributed by atoms with van der Waals surface area (Å²) < 4.78 is 0. The van der Waals surface area contributed by atoms with Gasteiger partial charge < -0.3 is 0 Å². The van der Waals surface area contributed by atoms with Crippen LogP contribution in [0.25, 0.3) is 5.57 Å². The van der Waals surface area contributed by atoms with E-state index >= 15 is 0 Å². The van der Waals surface area contributed by atoms with Gasteiger partial charge in [0, 0.05) is 0 Å². The average molecular weight is 194 g/mol. The summed E-state index contributed by atoms with van der Waals surface area (Å²) in [5.74, 6) is 0. The van der Waals surface area contributed by atoms with Crippen LogP contribution in [0.2, 0.25) is 0 Å². The highest BCUT2D eigenvalue weighted by Gasteiger charge is 2.03. The maximum atomic E-state index is 3.90. The minimum atomic E-state index is 0.993. The Morgan fingerprint density at radius 3 is 2.53 bits per heavy atom. The lowest BCUT2D eigenvalue weighted by Gasteiger charge is -2.09. The fourth-order valence-corrected chi connectivity index (χ4v) is 1.77. The van der Waals surface area contributed by atoms with E-state index in [0.29, 0.717) is 0 Å². The van der Waals surface area contributed by atoms with Crippen molar-refractivity contribution in [1.82, 2.24) is 0 Å². The molecule has 1 aromatic rings. The Morgan fingerprint density at radius 1 is 1.13 bits per heavy atom. The summed E-state index contributed by atoms with van der Waals surface area (Å²) in [6, 6.07) is 10.4. The van der Waals surface area contributed by atoms with Gasteiger partial charge >= 0.3 is 0 Å². The molecule has 0 fully saturated rings. The Morgan fingerprint density at radius 2 is 1.93 bits per heavy atom. The lowest BCUT2D eigenvalue weighted by molar-refractivity contribution is 1.27.